The van der Waals surface area contributed by atoms with Crippen LogP contribution in [0.5, 0.6) is 5.75 Å². The number of rotatable bonds is 8. The fraction of sp³-hybridized carbons (Fsp3) is 0.222. The second kappa shape index (κ2) is 10.4. The maximum Gasteiger partial charge on any atom is 0.301 e. The number of benzene rings is 2. The molecule has 190 valence electrons. The lowest BCUT2D eigenvalue weighted by Crippen LogP contribution is -2.28. The Bertz CT molecular complexity index is 1460. The number of carbonyl (C=O) groups excluding carboxylic acids is 2. The number of unbranched alkanes of at least 4 members (excludes halogenated alkanes) is 2. The quantitative estimate of drug-likeness (QED) is 0.115. The average Bonchev–Trinajstić information content (AvgIpc) is 3.61. The summed E-state index contributed by atoms with van der Waals surface area (Å²) in [6.07, 6.45) is 3.09. The Morgan fingerprint density at radius 2 is 1.86 bits per heavy atom. The van der Waals surface area contributed by atoms with Gasteiger partial charge >= 0.3 is 5.91 Å². The van der Waals surface area contributed by atoms with Gasteiger partial charge in [0.15, 0.2) is 16.8 Å². The molecule has 0 aliphatic carbocycles. The third kappa shape index (κ3) is 4.74. The van der Waals surface area contributed by atoms with Gasteiger partial charge in [-0.3, -0.25) is 14.5 Å². The number of ketones is 1. The molecule has 1 amide bonds. The summed E-state index contributed by atoms with van der Waals surface area (Å²) in [4.78, 5) is 32.6. The predicted molar refractivity (Wildman–Crippen MR) is 140 cm³/mol. The van der Waals surface area contributed by atoms with E-state index < -0.39 is 29.4 Å². The number of thiophene rings is 1. The Kier molecular flexibility index (Phi) is 7.03. The lowest BCUT2D eigenvalue weighted by Gasteiger charge is -2.21. The van der Waals surface area contributed by atoms with Crippen LogP contribution in [0.4, 0.5) is 13.9 Å². The molecule has 1 unspecified atom stereocenters. The minimum atomic E-state index is -1.06. The number of aliphatic hydroxyl groups excluding tert-OH is 1. The van der Waals surface area contributed by atoms with E-state index in [0.717, 1.165) is 42.7 Å². The number of Topliss-reactive ketones (excluding diaryl/α,β-unsaturated/α-hetero) is 1. The zero-order valence-corrected chi connectivity index (χ0v) is 21.4. The van der Waals surface area contributed by atoms with Gasteiger partial charge in [0.2, 0.25) is 0 Å². The van der Waals surface area contributed by atoms with Gasteiger partial charge < -0.3 is 9.84 Å². The number of aliphatic hydroxyl groups is 1. The van der Waals surface area contributed by atoms with Crippen molar-refractivity contribution in [3.05, 3.63) is 81.6 Å². The van der Waals surface area contributed by atoms with Crippen molar-refractivity contribution in [2.75, 3.05) is 11.5 Å². The molecular formula is C27H22F2N2O4S2. The molecular weight excluding hydrogens is 518 g/mol. The van der Waals surface area contributed by atoms with Crippen molar-refractivity contribution in [1.29, 1.82) is 0 Å². The van der Waals surface area contributed by atoms with E-state index in [0.29, 0.717) is 27.5 Å². The first-order valence-corrected chi connectivity index (χ1v) is 13.4. The summed E-state index contributed by atoms with van der Waals surface area (Å²) in [5.41, 5.74) is 0.440. The molecule has 6 nitrogen and oxygen atoms in total. The van der Waals surface area contributed by atoms with Crippen LogP contribution in [0.3, 0.4) is 0 Å². The maximum atomic E-state index is 13.8. The van der Waals surface area contributed by atoms with Crippen molar-refractivity contribution >= 4 is 55.5 Å². The lowest BCUT2D eigenvalue weighted by atomic mass is 10.00. The predicted octanol–water partition coefficient (Wildman–Crippen LogP) is 6.83. The number of halogens is 2. The molecule has 0 radical (unpaired) electrons. The van der Waals surface area contributed by atoms with E-state index in [2.05, 4.69) is 11.9 Å². The van der Waals surface area contributed by atoms with Crippen LogP contribution >= 0.6 is 22.7 Å². The van der Waals surface area contributed by atoms with Gasteiger partial charge in [0, 0.05) is 16.5 Å². The second-order valence-electron chi connectivity index (χ2n) is 8.49. The average molecular weight is 541 g/mol. The lowest BCUT2D eigenvalue weighted by molar-refractivity contribution is -0.132. The number of thiazole rings is 1. The Morgan fingerprint density at radius 3 is 2.57 bits per heavy atom. The molecule has 0 saturated carbocycles. The first-order valence-electron chi connectivity index (χ1n) is 11.7. The van der Waals surface area contributed by atoms with E-state index in [1.165, 1.54) is 16.2 Å². The van der Waals surface area contributed by atoms with E-state index in [1.54, 1.807) is 41.8 Å². The van der Waals surface area contributed by atoms with Gasteiger partial charge in [0.05, 0.1) is 22.4 Å². The van der Waals surface area contributed by atoms with Crippen molar-refractivity contribution in [2.24, 2.45) is 0 Å². The highest BCUT2D eigenvalue weighted by atomic mass is 32.1. The van der Waals surface area contributed by atoms with Crippen molar-refractivity contribution in [2.45, 2.75) is 32.2 Å². The van der Waals surface area contributed by atoms with Gasteiger partial charge in [-0.1, -0.05) is 37.2 Å². The molecule has 37 heavy (non-hydrogen) atoms. The molecule has 2 aromatic carbocycles. The summed E-state index contributed by atoms with van der Waals surface area (Å²) in [6.45, 7) is 2.69. The van der Waals surface area contributed by atoms with Crippen LogP contribution in [0.1, 0.15) is 42.7 Å². The van der Waals surface area contributed by atoms with E-state index in [4.69, 9.17) is 4.74 Å². The zero-order valence-electron chi connectivity index (χ0n) is 19.7. The number of carbonyl (C=O) groups is 2. The number of hydrogen-bond acceptors (Lipinski definition) is 7. The Labute approximate surface area is 219 Å². The van der Waals surface area contributed by atoms with E-state index in [9.17, 15) is 23.5 Å². The molecule has 2 aromatic heterocycles. The molecule has 5 rings (SSSR count). The van der Waals surface area contributed by atoms with E-state index in [-0.39, 0.29) is 22.0 Å². The molecule has 1 aliphatic rings. The van der Waals surface area contributed by atoms with Gasteiger partial charge in [-0.15, -0.1) is 11.3 Å². The van der Waals surface area contributed by atoms with E-state index in [1.807, 2.05) is 0 Å². The van der Waals surface area contributed by atoms with Crippen LogP contribution in [-0.2, 0) is 9.59 Å². The minimum absolute atomic E-state index is 0.0827. The number of fused-ring (bicyclic) bond motifs is 1. The van der Waals surface area contributed by atoms with Crippen molar-refractivity contribution < 1.29 is 28.2 Å². The summed E-state index contributed by atoms with van der Waals surface area (Å²) in [5.74, 6) is -3.52. The Morgan fingerprint density at radius 1 is 1.11 bits per heavy atom. The number of ether oxygens (including phenoxy) is 1. The van der Waals surface area contributed by atoms with Crippen LogP contribution < -0.4 is 9.64 Å². The molecule has 1 atom stereocenters. The summed E-state index contributed by atoms with van der Waals surface area (Å²) < 4.78 is 33.6. The van der Waals surface area contributed by atoms with Crippen LogP contribution in [0.15, 0.2) is 59.5 Å². The molecule has 1 N–H and O–H groups in total. The fourth-order valence-corrected chi connectivity index (χ4v) is 5.99. The molecule has 3 heterocycles. The minimum Gasteiger partial charge on any atom is -0.507 e. The highest BCUT2D eigenvalue weighted by Gasteiger charge is 2.48. The number of nitrogens with zero attached hydrogens (tertiary/aromatic N) is 2. The standard InChI is InChI=1S/C27H22F2N2O4S2/c1-2-3-4-11-35-16-9-7-15(8-10-16)24(32)22-23(20-6-5-12-36-20)31(26(34)25(22)33)27-30-19-13-17(28)18(29)14-21(19)37-27/h5-10,12-14,23,32H,2-4,11H2,1H3/b24-22+. The molecule has 4 aromatic rings. The molecule has 1 aliphatic heterocycles. The topological polar surface area (TPSA) is 79.7 Å². The largest absolute Gasteiger partial charge is 0.507 e. The fourth-order valence-electron chi connectivity index (χ4n) is 4.17. The van der Waals surface area contributed by atoms with Gasteiger partial charge in [-0.2, -0.15) is 0 Å². The number of anilines is 1. The number of aromatic nitrogens is 1. The smallest absolute Gasteiger partial charge is 0.301 e. The van der Waals surface area contributed by atoms with Crippen molar-refractivity contribution in [1.82, 2.24) is 4.98 Å². The summed E-state index contributed by atoms with van der Waals surface area (Å²) in [6, 6.07) is 11.2. The molecule has 1 fully saturated rings. The van der Waals surface area contributed by atoms with Crippen molar-refractivity contribution in [3.63, 3.8) is 0 Å². The second-order valence-corrected chi connectivity index (χ2v) is 10.5. The Hall–Kier alpha value is -3.63. The molecule has 1 saturated heterocycles. The van der Waals surface area contributed by atoms with Gasteiger partial charge in [0.1, 0.15) is 17.6 Å². The zero-order chi connectivity index (χ0) is 26.1. The van der Waals surface area contributed by atoms with Crippen LogP contribution in [0, 0.1) is 11.6 Å². The number of amides is 1. The molecule has 0 spiro atoms. The monoisotopic (exact) mass is 540 g/mol. The summed E-state index contributed by atoms with van der Waals surface area (Å²) >= 11 is 2.28. The van der Waals surface area contributed by atoms with Crippen molar-refractivity contribution in [3.8, 4) is 5.75 Å². The third-order valence-corrected chi connectivity index (χ3v) is 7.97. The summed E-state index contributed by atoms with van der Waals surface area (Å²) in [7, 11) is 0. The first-order chi connectivity index (χ1) is 17.9. The van der Waals surface area contributed by atoms with Crippen LogP contribution in [0.2, 0.25) is 0 Å². The SMILES string of the molecule is CCCCCOc1ccc(/C(O)=C2\C(=O)C(=O)N(c3nc4cc(F)c(F)cc4s3)C2c2cccs2)cc1. The van der Waals surface area contributed by atoms with Gasteiger partial charge in [-0.25, -0.2) is 13.8 Å². The van der Waals surface area contributed by atoms with Crippen LogP contribution in [-0.4, -0.2) is 28.4 Å². The maximum absolute atomic E-state index is 13.8. The summed E-state index contributed by atoms with van der Waals surface area (Å²) in [5, 5.41) is 13.1. The normalized spacial score (nSPS) is 17.2. The highest BCUT2D eigenvalue weighted by Crippen LogP contribution is 2.45. The number of hydrogen-bond donors (Lipinski definition) is 1. The van der Waals surface area contributed by atoms with Crippen LogP contribution in [0.25, 0.3) is 16.0 Å². The molecule has 0 bridgehead atoms. The molecule has 10 heteroatoms. The highest BCUT2D eigenvalue weighted by molar-refractivity contribution is 7.22. The van der Waals surface area contributed by atoms with E-state index >= 15 is 0 Å². The first kappa shape index (κ1) is 25.0. The third-order valence-electron chi connectivity index (χ3n) is 6.03. The Balaban J connectivity index is 1.54. The van der Waals surface area contributed by atoms with Gasteiger partial charge in [0.25, 0.3) is 5.78 Å². The van der Waals surface area contributed by atoms with Gasteiger partial charge in [-0.05, 0) is 48.2 Å².